The van der Waals surface area contributed by atoms with E-state index in [0.29, 0.717) is 6.04 Å². The van der Waals surface area contributed by atoms with E-state index >= 15 is 0 Å². The molecule has 88 valence electrons. The highest BCUT2D eigenvalue weighted by molar-refractivity contribution is 7.99. The van der Waals surface area contributed by atoms with Crippen molar-refractivity contribution in [2.45, 2.75) is 25.4 Å². The molecule has 1 aliphatic rings. The average molecular weight is 239 g/mol. The third-order valence-electron chi connectivity index (χ3n) is 2.79. The standard InChI is InChI=1S/C12H17NO2S/c14-11-4-3-9(6-12(11)15)7-13-10-2-1-5-16-8-10/h3-4,6,10,13-15H,1-2,5,7-8H2. The largest absolute Gasteiger partial charge is 0.504 e. The van der Waals surface area contributed by atoms with Gasteiger partial charge in [0.1, 0.15) is 0 Å². The van der Waals surface area contributed by atoms with Crippen LogP contribution < -0.4 is 5.32 Å². The van der Waals surface area contributed by atoms with Crippen molar-refractivity contribution in [3.8, 4) is 11.5 Å². The van der Waals surface area contributed by atoms with E-state index in [9.17, 15) is 10.2 Å². The van der Waals surface area contributed by atoms with Crippen LogP contribution in [-0.4, -0.2) is 27.8 Å². The number of rotatable bonds is 3. The van der Waals surface area contributed by atoms with Gasteiger partial charge in [0.25, 0.3) is 0 Å². The molecule has 0 radical (unpaired) electrons. The van der Waals surface area contributed by atoms with Crippen molar-refractivity contribution >= 4 is 11.8 Å². The maximum absolute atomic E-state index is 9.36. The smallest absolute Gasteiger partial charge is 0.157 e. The molecule has 0 spiro atoms. The van der Waals surface area contributed by atoms with Crippen LogP contribution >= 0.6 is 11.8 Å². The Bertz CT molecular complexity index is 351. The molecule has 0 bridgehead atoms. The predicted molar refractivity (Wildman–Crippen MR) is 67.0 cm³/mol. The molecule has 1 aromatic rings. The van der Waals surface area contributed by atoms with Crippen molar-refractivity contribution in [2.24, 2.45) is 0 Å². The average Bonchev–Trinajstić information content (AvgIpc) is 2.32. The fraction of sp³-hybridized carbons (Fsp3) is 0.500. The molecule has 16 heavy (non-hydrogen) atoms. The Kier molecular flexibility index (Phi) is 3.96. The van der Waals surface area contributed by atoms with Crippen LogP contribution in [0.15, 0.2) is 18.2 Å². The zero-order chi connectivity index (χ0) is 11.4. The van der Waals surface area contributed by atoms with Gasteiger partial charge in [-0.2, -0.15) is 11.8 Å². The molecule has 1 fully saturated rings. The number of hydrogen-bond donors (Lipinski definition) is 3. The summed E-state index contributed by atoms with van der Waals surface area (Å²) in [6.07, 6.45) is 2.51. The molecule has 1 unspecified atom stereocenters. The lowest BCUT2D eigenvalue weighted by molar-refractivity contribution is 0.402. The van der Waals surface area contributed by atoms with Crippen LogP contribution in [0, 0.1) is 0 Å². The SMILES string of the molecule is Oc1ccc(CNC2CCCSC2)cc1O. The van der Waals surface area contributed by atoms with Crippen LogP contribution in [0.1, 0.15) is 18.4 Å². The molecule has 1 aromatic carbocycles. The lowest BCUT2D eigenvalue weighted by Gasteiger charge is -2.22. The first-order valence-electron chi connectivity index (χ1n) is 5.57. The molecule has 4 heteroatoms. The van der Waals surface area contributed by atoms with E-state index in [1.54, 1.807) is 6.07 Å². The monoisotopic (exact) mass is 239 g/mol. The van der Waals surface area contributed by atoms with Gasteiger partial charge in [-0.1, -0.05) is 6.07 Å². The second-order valence-corrected chi connectivity index (χ2v) is 5.27. The summed E-state index contributed by atoms with van der Waals surface area (Å²) in [5.74, 6) is 2.34. The van der Waals surface area contributed by atoms with E-state index in [2.05, 4.69) is 5.32 Å². The van der Waals surface area contributed by atoms with Crippen molar-refractivity contribution in [3.63, 3.8) is 0 Å². The Morgan fingerprint density at radius 3 is 2.88 bits per heavy atom. The molecule has 1 saturated heterocycles. The van der Waals surface area contributed by atoms with Crippen LogP contribution in [-0.2, 0) is 6.54 Å². The number of phenols is 2. The van der Waals surface area contributed by atoms with Crippen LogP contribution in [0.4, 0.5) is 0 Å². The molecule has 3 N–H and O–H groups in total. The zero-order valence-corrected chi connectivity index (χ0v) is 9.96. The summed E-state index contributed by atoms with van der Waals surface area (Å²) in [7, 11) is 0. The summed E-state index contributed by atoms with van der Waals surface area (Å²) in [6.45, 7) is 0.749. The predicted octanol–water partition coefficient (Wildman–Crippen LogP) is 2.08. The van der Waals surface area contributed by atoms with Gasteiger partial charge in [0, 0.05) is 18.3 Å². The molecule has 0 saturated carbocycles. The summed E-state index contributed by atoms with van der Waals surface area (Å²) in [5.41, 5.74) is 1.01. The van der Waals surface area contributed by atoms with E-state index < -0.39 is 0 Å². The van der Waals surface area contributed by atoms with Crippen LogP contribution in [0.25, 0.3) is 0 Å². The van der Waals surface area contributed by atoms with Crippen LogP contribution in [0.3, 0.4) is 0 Å². The number of thioether (sulfide) groups is 1. The van der Waals surface area contributed by atoms with Gasteiger partial charge in [0.2, 0.25) is 0 Å². The zero-order valence-electron chi connectivity index (χ0n) is 9.15. The third-order valence-corrected chi connectivity index (χ3v) is 4.01. The molecular weight excluding hydrogens is 222 g/mol. The van der Waals surface area contributed by atoms with E-state index in [1.165, 1.54) is 30.4 Å². The van der Waals surface area contributed by atoms with Gasteiger partial charge >= 0.3 is 0 Å². The molecule has 1 aliphatic heterocycles. The Hall–Kier alpha value is -0.870. The summed E-state index contributed by atoms with van der Waals surface area (Å²) in [4.78, 5) is 0. The van der Waals surface area contributed by atoms with Crippen molar-refractivity contribution < 1.29 is 10.2 Å². The van der Waals surface area contributed by atoms with Gasteiger partial charge in [-0.05, 0) is 36.3 Å². The molecule has 1 heterocycles. The molecule has 0 aliphatic carbocycles. The van der Waals surface area contributed by atoms with Crippen molar-refractivity contribution in [3.05, 3.63) is 23.8 Å². The molecule has 2 rings (SSSR count). The molecule has 0 amide bonds. The lowest BCUT2D eigenvalue weighted by atomic mass is 10.1. The first kappa shape index (κ1) is 11.6. The number of benzene rings is 1. The van der Waals surface area contributed by atoms with E-state index in [0.717, 1.165) is 12.1 Å². The van der Waals surface area contributed by atoms with Gasteiger partial charge in [0.05, 0.1) is 0 Å². The lowest BCUT2D eigenvalue weighted by Crippen LogP contribution is -2.33. The molecule has 1 atom stereocenters. The maximum atomic E-state index is 9.36. The number of aromatic hydroxyl groups is 2. The number of nitrogens with one attached hydrogen (secondary N) is 1. The highest BCUT2D eigenvalue weighted by atomic mass is 32.2. The normalized spacial score (nSPS) is 20.9. The van der Waals surface area contributed by atoms with E-state index in [-0.39, 0.29) is 11.5 Å². The number of hydrogen-bond acceptors (Lipinski definition) is 4. The quantitative estimate of drug-likeness (QED) is 0.707. The fourth-order valence-corrected chi connectivity index (χ4v) is 2.95. The number of phenolic OH excluding ortho intramolecular Hbond substituents is 2. The fourth-order valence-electron chi connectivity index (χ4n) is 1.84. The van der Waals surface area contributed by atoms with Crippen LogP contribution in [0.2, 0.25) is 0 Å². The van der Waals surface area contributed by atoms with Crippen LogP contribution in [0.5, 0.6) is 11.5 Å². The maximum Gasteiger partial charge on any atom is 0.157 e. The van der Waals surface area contributed by atoms with Crippen molar-refractivity contribution in [2.75, 3.05) is 11.5 Å². The van der Waals surface area contributed by atoms with Gasteiger partial charge < -0.3 is 15.5 Å². The topological polar surface area (TPSA) is 52.5 Å². The summed E-state index contributed by atoms with van der Waals surface area (Å²) in [6, 6.07) is 5.55. The second kappa shape index (κ2) is 5.46. The first-order chi connectivity index (χ1) is 7.75. The van der Waals surface area contributed by atoms with Gasteiger partial charge in [0.15, 0.2) is 11.5 Å². The molecule has 0 aromatic heterocycles. The Morgan fingerprint density at radius 1 is 1.31 bits per heavy atom. The van der Waals surface area contributed by atoms with Crippen molar-refractivity contribution in [1.29, 1.82) is 0 Å². The molecule has 3 nitrogen and oxygen atoms in total. The summed E-state index contributed by atoms with van der Waals surface area (Å²) in [5, 5.41) is 22.0. The highest BCUT2D eigenvalue weighted by Crippen LogP contribution is 2.25. The van der Waals surface area contributed by atoms with Crippen molar-refractivity contribution in [1.82, 2.24) is 5.32 Å². The Morgan fingerprint density at radius 2 is 2.19 bits per heavy atom. The minimum absolute atomic E-state index is 0.0441. The Balaban J connectivity index is 1.86. The molecular formula is C12H17NO2S. The first-order valence-corrected chi connectivity index (χ1v) is 6.73. The Labute approximate surface area is 99.9 Å². The van der Waals surface area contributed by atoms with Gasteiger partial charge in [-0.15, -0.1) is 0 Å². The second-order valence-electron chi connectivity index (χ2n) is 4.12. The van der Waals surface area contributed by atoms with Gasteiger partial charge in [-0.25, -0.2) is 0 Å². The van der Waals surface area contributed by atoms with E-state index in [4.69, 9.17) is 0 Å². The minimum atomic E-state index is -0.0584. The third kappa shape index (κ3) is 3.06. The summed E-state index contributed by atoms with van der Waals surface area (Å²) >= 11 is 1.99. The minimum Gasteiger partial charge on any atom is -0.504 e. The van der Waals surface area contributed by atoms with E-state index in [1.807, 2.05) is 17.8 Å². The van der Waals surface area contributed by atoms with Gasteiger partial charge in [-0.3, -0.25) is 0 Å². The summed E-state index contributed by atoms with van der Waals surface area (Å²) < 4.78 is 0. The highest BCUT2D eigenvalue weighted by Gasteiger charge is 2.12.